The van der Waals surface area contributed by atoms with Crippen molar-refractivity contribution in [1.82, 2.24) is 9.88 Å². The summed E-state index contributed by atoms with van der Waals surface area (Å²) in [4.78, 5) is 19.3. The number of carbonyl (C=O) groups excluding carboxylic acids is 1. The molecule has 1 amide bonds. The summed E-state index contributed by atoms with van der Waals surface area (Å²) in [5, 5.41) is 10.3. The molecule has 1 saturated heterocycles. The van der Waals surface area contributed by atoms with Gasteiger partial charge in [0.2, 0.25) is 0 Å². The number of pyridine rings is 1. The number of rotatable bonds is 2. The van der Waals surface area contributed by atoms with E-state index >= 15 is 0 Å². The maximum atomic E-state index is 13.0. The summed E-state index contributed by atoms with van der Waals surface area (Å²) in [6, 6.07) is 7.93. The minimum atomic E-state index is -0.313. The number of hydrogen-bond donors (Lipinski definition) is 1. The Balaban J connectivity index is 1.96. The number of amides is 1. The van der Waals surface area contributed by atoms with E-state index in [1.54, 1.807) is 4.90 Å². The Morgan fingerprint density at radius 3 is 2.91 bits per heavy atom. The normalized spacial score (nSPS) is 21.7. The molecule has 1 aromatic carbocycles. The molecular formula is C18H22N2O3. The molecule has 1 aliphatic rings. The highest BCUT2D eigenvalue weighted by Gasteiger charge is 2.30. The molecule has 3 rings (SSSR count). The first-order valence-corrected chi connectivity index (χ1v) is 7.91. The van der Waals surface area contributed by atoms with Crippen molar-refractivity contribution < 1.29 is 14.6 Å². The molecule has 0 bridgehead atoms. The monoisotopic (exact) mass is 314 g/mol. The van der Waals surface area contributed by atoms with Crippen LogP contribution < -0.4 is 0 Å². The second kappa shape index (κ2) is 6.26. The predicted octanol–water partition coefficient (Wildman–Crippen LogP) is 2.07. The predicted molar refractivity (Wildman–Crippen MR) is 88.5 cm³/mol. The zero-order valence-corrected chi connectivity index (χ0v) is 13.7. The van der Waals surface area contributed by atoms with Crippen molar-refractivity contribution in [2.45, 2.75) is 32.9 Å². The van der Waals surface area contributed by atoms with Crippen LogP contribution >= 0.6 is 0 Å². The van der Waals surface area contributed by atoms with Gasteiger partial charge in [0.1, 0.15) is 0 Å². The van der Waals surface area contributed by atoms with Crippen molar-refractivity contribution in [3.8, 4) is 0 Å². The molecule has 0 saturated carbocycles. The largest absolute Gasteiger partial charge is 0.394 e. The van der Waals surface area contributed by atoms with E-state index in [-0.39, 0.29) is 24.7 Å². The van der Waals surface area contributed by atoms with Gasteiger partial charge >= 0.3 is 0 Å². The molecular weight excluding hydrogens is 292 g/mol. The smallest absolute Gasteiger partial charge is 0.256 e. The number of carbonyl (C=O) groups is 1. The number of ether oxygens (including phenoxy) is 1. The number of aliphatic hydroxyl groups excluding tert-OH is 1. The second-order valence-electron chi connectivity index (χ2n) is 6.26. The van der Waals surface area contributed by atoms with Crippen LogP contribution in [0, 0.1) is 13.8 Å². The number of aliphatic hydroxyl groups is 1. The molecule has 1 aliphatic heterocycles. The van der Waals surface area contributed by atoms with Crippen LogP contribution in [0.3, 0.4) is 0 Å². The minimum Gasteiger partial charge on any atom is -0.394 e. The number of hydrogen-bond acceptors (Lipinski definition) is 4. The van der Waals surface area contributed by atoms with Crippen LogP contribution in [0.25, 0.3) is 10.9 Å². The Labute approximate surface area is 135 Å². The average molecular weight is 314 g/mol. The van der Waals surface area contributed by atoms with Gasteiger partial charge < -0.3 is 14.7 Å². The van der Waals surface area contributed by atoms with Gasteiger partial charge in [0.25, 0.3) is 5.91 Å². The Hall–Kier alpha value is -1.98. The molecule has 0 radical (unpaired) electrons. The van der Waals surface area contributed by atoms with Crippen molar-refractivity contribution in [1.29, 1.82) is 0 Å². The van der Waals surface area contributed by atoms with Gasteiger partial charge in [0, 0.05) is 11.9 Å². The van der Waals surface area contributed by atoms with Crippen LogP contribution in [-0.2, 0) is 4.74 Å². The number of benzene rings is 1. The summed E-state index contributed by atoms with van der Waals surface area (Å²) in [5.74, 6) is -0.0493. The lowest BCUT2D eigenvalue weighted by molar-refractivity contribution is -0.0667. The fraction of sp³-hybridized carbons (Fsp3) is 0.444. The van der Waals surface area contributed by atoms with Gasteiger partial charge in [-0.05, 0) is 38.5 Å². The van der Waals surface area contributed by atoms with Gasteiger partial charge in [-0.1, -0.05) is 12.1 Å². The van der Waals surface area contributed by atoms with Gasteiger partial charge in [-0.2, -0.15) is 0 Å². The van der Waals surface area contributed by atoms with Crippen molar-refractivity contribution in [3.63, 3.8) is 0 Å². The van der Waals surface area contributed by atoms with Gasteiger partial charge in [0.05, 0.1) is 42.1 Å². The molecule has 2 aromatic rings. The van der Waals surface area contributed by atoms with Gasteiger partial charge in [0.15, 0.2) is 0 Å². The molecule has 2 atom stereocenters. The molecule has 2 heterocycles. The van der Waals surface area contributed by atoms with Gasteiger partial charge in [-0.15, -0.1) is 0 Å². The van der Waals surface area contributed by atoms with E-state index in [4.69, 9.17) is 4.74 Å². The van der Waals surface area contributed by atoms with Crippen molar-refractivity contribution in [2.24, 2.45) is 0 Å². The molecule has 1 N–H and O–H groups in total. The van der Waals surface area contributed by atoms with E-state index in [1.165, 1.54) is 0 Å². The molecule has 122 valence electrons. The Morgan fingerprint density at radius 1 is 1.39 bits per heavy atom. The van der Waals surface area contributed by atoms with Crippen LogP contribution in [0.1, 0.15) is 28.5 Å². The van der Waals surface area contributed by atoms with Crippen LogP contribution in [-0.4, -0.2) is 52.8 Å². The molecule has 0 aliphatic carbocycles. The third kappa shape index (κ3) is 3.07. The summed E-state index contributed by atoms with van der Waals surface area (Å²) in [6.45, 7) is 6.62. The number of nitrogens with zero attached hydrogens (tertiary/aromatic N) is 2. The molecule has 23 heavy (non-hydrogen) atoms. The van der Waals surface area contributed by atoms with Crippen LogP contribution in [0.5, 0.6) is 0 Å². The minimum absolute atomic E-state index is 0.0154. The SMILES string of the molecule is Cc1ccc2cc(C(=O)N3CC(CO)OCC3C)c(C)nc2c1. The Morgan fingerprint density at radius 2 is 2.17 bits per heavy atom. The topological polar surface area (TPSA) is 62.7 Å². The fourth-order valence-electron chi connectivity index (χ4n) is 2.96. The van der Waals surface area contributed by atoms with Crippen molar-refractivity contribution in [3.05, 3.63) is 41.1 Å². The van der Waals surface area contributed by atoms with E-state index in [0.717, 1.165) is 22.2 Å². The lowest BCUT2D eigenvalue weighted by Crippen LogP contribution is -2.52. The fourth-order valence-corrected chi connectivity index (χ4v) is 2.96. The first kappa shape index (κ1) is 15.9. The summed E-state index contributed by atoms with van der Waals surface area (Å²) >= 11 is 0. The van der Waals surface area contributed by atoms with E-state index < -0.39 is 0 Å². The maximum absolute atomic E-state index is 13.0. The maximum Gasteiger partial charge on any atom is 0.256 e. The first-order chi connectivity index (χ1) is 11.0. The third-order valence-corrected chi connectivity index (χ3v) is 4.36. The third-order valence-electron chi connectivity index (χ3n) is 4.36. The number of aromatic nitrogens is 1. The van der Waals surface area contributed by atoms with Crippen LogP contribution in [0.2, 0.25) is 0 Å². The van der Waals surface area contributed by atoms with E-state index in [0.29, 0.717) is 18.7 Å². The quantitative estimate of drug-likeness (QED) is 0.922. The second-order valence-corrected chi connectivity index (χ2v) is 6.26. The standard InChI is InChI=1S/C18H22N2O3/c1-11-4-5-14-7-16(13(3)19-17(14)6-11)18(22)20-8-15(9-21)23-10-12(20)2/h4-7,12,15,21H,8-10H2,1-3H3. The highest BCUT2D eigenvalue weighted by atomic mass is 16.5. The highest BCUT2D eigenvalue weighted by molar-refractivity contribution is 5.99. The van der Waals surface area contributed by atoms with Gasteiger partial charge in [-0.25, -0.2) is 0 Å². The van der Waals surface area contributed by atoms with E-state index in [1.807, 2.05) is 45.0 Å². The van der Waals surface area contributed by atoms with Crippen LogP contribution in [0.15, 0.2) is 24.3 Å². The molecule has 1 aromatic heterocycles. The van der Waals surface area contributed by atoms with E-state index in [9.17, 15) is 9.90 Å². The molecule has 5 heteroatoms. The average Bonchev–Trinajstić information content (AvgIpc) is 2.54. The summed E-state index contributed by atoms with van der Waals surface area (Å²) in [5.41, 5.74) is 3.40. The van der Waals surface area contributed by atoms with Crippen molar-refractivity contribution >= 4 is 16.8 Å². The molecule has 0 spiro atoms. The Bertz CT molecular complexity index is 744. The number of morpholine rings is 1. The zero-order valence-electron chi connectivity index (χ0n) is 13.7. The van der Waals surface area contributed by atoms with E-state index in [2.05, 4.69) is 4.98 Å². The zero-order chi connectivity index (χ0) is 16.6. The molecule has 1 fully saturated rings. The van der Waals surface area contributed by atoms with Gasteiger partial charge in [-0.3, -0.25) is 9.78 Å². The lowest BCUT2D eigenvalue weighted by Gasteiger charge is -2.37. The summed E-state index contributed by atoms with van der Waals surface area (Å²) < 4.78 is 5.51. The summed E-state index contributed by atoms with van der Waals surface area (Å²) in [7, 11) is 0. The first-order valence-electron chi connectivity index (χ1n) is 7.91. The highest BCUT2D eigenvalue weighted by Crippen LogP contribution is 2.21. The number of fused-ring (bicyclic) bond motifs is 1. The van der Waals surface area contributed by atoms with Crippen molar-refractivity contribution in [2.75, 3.05) is 19.8 Å². The lowest BCUT2D eigenvalue weighted by atomic mass is 10.1. The molecule has 2 unspecified atom stereocenters. The molecule has 5 nitrogen and oxygen atoms in total. The summed E-state index contributed by atoms with van der Waals surface area (Å²) in [6.07, 6.45) is -0.313. The Kier molecular flexibility index (Phi) is 4.33. The van der Waals surface area contributed by atoms with Crippen LogP contribution in [0.4, 0.5) is 0 Å². The number of aryl methyl sites for hydroxylation is 2.